The third-order valence-corrected chi connectivity index (χ3v) is 5.67. The molecule has 0 aromatic heterocycles. The second-order valence-electron chi connectivity index (χ2n) is 7.80. The number of hydrogen-bond acceptors (Lipinski definition) is 5. The number of nitrogens with zero attached hydrogens (tertiary/aromatic N) is 1. The maximum Gasteiger partial charge on any atom is 0.471 e. The largest absolute Gasteiger partial charge is 0.481 e. The summed E-state index contributed by atoms with van der Waals surface area (Å²) in [5.74, 6) is -1.38. The smallest absolute Gasteiger partial charge is 0.471 e. The summed E-state index contributed by atoms with van der Waals surface area (Å²) in [4.78, 5) is 12.6. The molecule has 5 N–H and O–H groups in total. The van der Waals surface area contributed by atoms with Crippen LogP contribution in [0.5, 0.6) is 0 Å². The maximum atomic E-state index is 10.6. The Morgan fingerprint density at radius 2 is 1.96 bits per heavy atom. The summed E-state index contributed by atoms with van der Waals surface area (Å²) in [6, 6.07) is 7.72. The maximum absolute atomic E-state index is 10.6. The number of aliphatic carboxylic acids is 1. The zero-order valence-corrected chi connectivity index (χ0v) is 17.1. The van der Waals surface area contributed by atoms with Gasteiger partial charge in [0.05, 0.1) is 5.94 Å². The Hall–Kier alpha value is -1.38. The second-order valence-corrected chi connectivity index (χ2v) is 8.24. The Morgan fingerprint density at radius 3 is 2.50 bits per heavy atom. The highest BCUT2D eigenvalue weighted by molar-refractivity contribution is 6.43. The van der Waals surface area contributed by atoms with Crippen molar-refractivity contribution in [1.29, 1.82) is 0 Å². The van der Waals surface area contributed by atoms with Crippen molar-refractivity contribution in [3.05, 3.63) is 40.9 Å². The van der Waals surface area contributed by atoms with Gasteiger partial charge in [0.15, 0.2) is 0 Å². The summed E-state index contributed by atoms with van der Waals surface area (Å²) in [5.41, 5.74) is 8.03. The van der Waals surface area contributed by atoms with E-state index in [2.05, 4.69) is 6.08 Å². The van der Waals surface area contributed by atoms with E-state index in [1.54, 1.807) is 0 Å². The number of nitrogens with two attached hydrogens (primary N) is 1. The lowest BCUT2D eigenvalue weighted by atomic mass is 9.65. The topological polar surface area (TPSA) is 107 Å². The van der Waals surface area contributed by atoms with Crippen molar-refractivity contribution < 1.29 is 19.9 Å². The van der Waals surface area contributed by atoms with Gasteiger partial charge in [0.25, 0.3) is 0 Å². The van der Waals surface area contributed by atoms with Crippen molar-refractivity contribution in [2.45, 2.75) is 56.9 Å². The van der Waals surface area contributed by atoms with Gasteiger partial charge >= 0.3 is 13.1 Å². The molecule has 2 atom stereocenters. The normalized spacial score (nSPS) is 18.2. The number of carboxylic acids is 1. The molecule has 6 nitrogen and oxygen atoms in total. The fraction of sp³-hybridized carbons (Fsp3) is 0.550. The molecule has 0 saturated carbocycles. The minimum atomic E-state index is -1.54. The number of carbonyl (C=O) groups is 1. The highest BCUT2D eigenvalue weighted by atomic mass is 35.5. The summed E-state index contributed by atoms with van der Waals surface area (Å²) < 4.78 is 0. The molecule has 0 amide bonds. The predicted molar refractivity (Wildman–Crippen MR) is 113 cm³/mol. The van der Waals surface area contributed by atoms with Crippen LogP contribution < -0.4 is 5.73 Å². The van der Waals surface area contributed by atoms with Crippen LogP contribution in [0.3, 0.4) is 0 Å². The number of unbranched alkanes of at least 4 members (excludes halogenated alkanes) is 2. The summed E-state index contributed by atoms with van der Waals surface area (Å²) >= 11 is 5.95. The molecular weight excluding hydrogens is 378 g/mol. The lowest BCUT2D eigenvalue weighted by Gasteiger charge is -2.43. The zero-order valence-electron chi connectivity index (χ0n) is 16.4. The summed E-state index contributed by atoms with van der Waals surface area (Å²) in [5, 5.41) is 29.4. The molecule has 1 heterocycles. The second kappa shape index (κ2) is 10.4. The molecule has 0 aliphatic carbocycles. The molecule has 2 unspecified atom stereocenters. The van der Waals surface area contributed by atoms with Crippen molar-refractivity contribution in [3.8, 4) is 0 Å². The van der Waals surface area contributed by atoms with Crippen LogP contribution in [-0.4, -0.2) is 57.7 Å². The van der Waals surface area contributed by atoms with Gasteiger partial charge in [-0.3, -0.25) is 9.69 Å². The van der Waals surface area contributed by atoms with Crippen molar-refractivity contribution in [1.82, 2.24) is 4.90 Å². The number of carboxylic acid groups (broad SMARTS) is 1. The van der Waals surface area contributed by atoms with E-state index in [1.165, 1.54) is 5.57 Å². The molecule has 0 saturated heterocycles. The van der Waals surface area contributed by atoms with Gasteiger partial charge in [-0.15, -0.1) is 0 Å². The number of hydrogen-bond donors (Lipinski definition) is 4. The Balaban J connectivity index is 1.97. The first-order valence-corrected chi connectivity index (χ1v) is 10.1. The van der Waals surface area contributed by atoms with Gasteiger partial charge in [-0.2, -0.15) is 0 Å². The van der Waals surface area contributed by atoms with E-state index in [4.69, 9.17) is 22.4 Å². The Morgan fingerprint density at radius 1 is 1.29 bits per heavy atom. The fourth-order valence-electron chi connectivity index (χ4n) is 3.92. The molecule has 0 radical (unpaired) electrons. The van der Waals surface area contributed by atoms with E-state index in [0.717, 1.165) is 24.8 Å². The quantitative estimate of drug-likeness (QED) is 0.350. The average Bonchev–Trinajstić information content (AvgIpc) is 2.62. The molecule has 2 rings (SSSR count). The third-order valence-electron chi connectivity index (χ3n) is 5.41. The SMILES string of the molecule is CC(N)(CCCCCC(=O)O)C(B(O)O)N1CC=C(c2ccc(Cl)cc2)CC1. The van der Waals surface area contributed by atoms with Crippen molar-refractivity contribution >= 4 is 30.3 Å². The summed E-state index contributed by atoms with van der Waals surface area (Å²) in [6.45, 7) is 3.11. The fourth-order valence-corrected chi connectivity index (χ4v) is 4.04. The van der Waals surface area contributed by atoms with Crippen LogP contribution in [0, 0.1) is 0 Å². The van der Waals surface area contributed by atoms with Crippen LogP contribution in [0.25, 0.3) is 5.57 Å². The van der Waals surface area contributed by atoms with Crippen molar-refractivity contribution in [3.63, 3.8) is 0 Å². The van der Waals surface area contributed by atoms with Gasteiger partial charge in [0, 0.05) is 30.1 Å². The standard InChI is InChI=1S/C20H30BClN2O4/c1-20(23,12-4-2-3-5-18(25)26)19(21(27)28)24-13-10-16(11-14-24)15-6-8-17(22)9-7-15/h6-10,19,27-28H,2-5,11-14,23H2,1H3,(H,25,26). The molecule has 0 spiro atoms. The van der Waals surface area contributed by atoms with Gasteiger partial charge in [-0.05, 0) is 49.5 Å². The summed E-state index contributed by atoms with van der Waals surface area (Å²) in [6.07, 6.45) is 5.76. The molecule has 1 aromatic rings. The Bertz CT molecular complexity index is 679. The Labute approximate surface area is 172 Å². The first kappa shape index (κ1) is 22.9. The highest BCUT2D eigenvalue weighted by Gasteiger charge is 2.42. The zero-order chi connectivity index (χ0) is 20.7. The molecule has 154 valence electrons. The van der Waals surface area contributed by atoms with Crippen LogP contribution in [-0.2, 0) is 4.79 Å². The average molecular weight is 409 g/mol. The van der Waals surface area contributed by atoms with E-state index in [9.17, 15) is 14.8 Å². The highest BCUT2D eigenvalue weighted by Crippen LogP contribution is 2.28. The number of benzene rings is 1. The van der Waals surface area contributed by atoms with Crippen molar-refractivity contribution in [2.24, 2.45) is 5.73 Å². The van der Waals surface area contributed by atoms with Crippen LogP contribution >= 0.6 is 11.6 Å². The minimum absolute atomic E-state index is 0.151. The predicted octanol–water partition coefficient (Wildman–Crippen LogP) is 2.56. The van der Waals surface area contributed by atoms with E-state index < -0.39 is 24.6 Å². The molecule has 8 heteroatoms. The number of rotatable bonds is 10. The van der Waals surface area contributed by atoms with Crippen LogP contribution in [0.1, 0.15) is 51.0 Å². The molecule has 1 aliphatic heterocycles. The van der Waals surface area contributed by atoms with Crippen LogP contribution in [0.2, 0.25) is 5.02 Å². The lowest BCUT2D eigenvalue weighted by molar-refractivity contribution is -0.137. The molecule has 1 aromatic carbocycles. The van der Waals surface area contributed by atoms with E-state index in [0.29, 0.717) is 31.0 Å². The lowest BCUT2D eigenvalue weighted by Crippen LogP contribution is -2.64. The van der Waals surface area contributed by atoms with E-state index in [-0.39, 0.29) is 6.42 Å². The van der Waals surface area contributed by atoms with Gasteiger partial charge in [-0.25, -0.2) is 0 Å². The van der Waals surface area contributed by atoms with Gasteiger partial charge in [-0.1, -0.05) is 42.7 Å². The number of halogens is 1. The van der Waals surface area contributed by atoms with Crippen LogP contribution in [0.15, 0.2) is 30.3 Å². The van der Waals surface area contributed by atoms with Gasteiger partial charge in [0.1, 0.15) is 0 Å². The third kappa shape index (κ3) is 6.60. The molecule has 1 aliphatic rings. The van der Waals surface area contributed by atoms with E-state index >= 15 is 0 Å². The van der Waals surface area contributed by atoms with E-state index in [1.807, 2.05) is 36.1 Å². The van der Waals surface area contributed by atoms with Gasteiger partial charge in [0.2, 0.25) is 0 Å². The summed E-state index contributed by atoms with van der Waals surface area (Å²) in [7, 11) is -1.54. The molecule has 0 fully saturated rings. The monoisotopic (exact) mass is 408 g/mol. The van der Waals surface area contributed by atoms with Crippen LogP contribution in [0.4, 0.5) is 0 Å². The van der Waals surface area contributed by atoms with Gasteiger partial charge < -0.3 is 20.9 Å². The first-order valence-electron chi connectivity index (χ1n) is 9.76. The molecular formula is C20H30BClN2O4. The Kier molecular flexibility index (Phi) is 8.52. The molecule has 0 bridgehead atoms. The minimum Gasteiger partial charge on any atom is -0.481 e. The van der Waals surface area contributed by atoms with Crippen molar-refractivity contribution in [2.75, 3.05) is 13.1 Å². The molecule has 28 heavy (non-hydrogen) atoms. The first-order chi connectivity index (χ1) is 13.2.